The topological polar surface area (TPSA) is 72.6 Å². The van der Waals surface area contributed by atoms with Crippen molar-refractivity contribution in [3.63, 3.8) is 0 Å². The van der Waals surface area contributed by atoms with Crippen molar-refractivity contribution >= 4 is 23.4 Å². The molecule has 1 aromatic rings. The summed E-state index contributed by atoms with van der Waals surface area (Å²) in [6.45, 7) is 3.19. The molecule has 108 valence electrons. The highest BCUT2D eigenvalue weighted by Gasteiger charge is 2.25. The number of nitrogens with zero attached hydrogens (tertiary/aromatic N) is 1. The van der Waals surface area contributed by atoms with Gasteiger partial charge in [-0.3, -0.25) is 9.59 Å². The monoisotopic (exact) mass is 296 g/mol. The van der Waals surface area contributed by atoms with E-state index in [1.807, 2.05) is 0 Å². The summed E-state index contributed by atoms with van der Waals surface area (Å²) in [7, 11) is 0. The molecule has 0 aromatic heterocycles. The summed E-state index contributed by atoms with van der Waals surface area (Å²) in [4.78, 5) is 25.3. The van der Waals surface area contributed by atoms with E-state index in [0.29, 0.717) is 5.02 Å². The zero-order chi connectivity index (χ0) is 14.7. The molecule has 1 unspecified atom stereocenters. The van der Waals surface area contributed by atoms with Gasteiger partial charge in [-0.05, 0) is 38.0 Å². The molecule has 1 aliphatic rings. The van der Waals surface area contributed by atoms with Crippen molar-refractivity contribution in [3.8, 4) is 5.75 Å². The summed E-state index contributed by atoms with van der Waals surface area (Å²) >= 11 is 5.83. The molecular weight excluding hydrogens is 280 g/mol. The molecule has 2 N–H and O–H groups in total. The van der Waals surface area contributed by atoms with Crippen molar-refractivity contribution in [1.29, 1.82) is 0 Å². The van der Waals surface area contributed by atoms with E-state index in [9.17, 15) is 9.59 Å². The molecule has 1 heterocycles. The predicted octanol–water partition coefficient (Wildman–Crippen LogP) is 1.83. The zero-order valence-electron chi connectivity index (χ0n) is 11.3. The molecule has 0 bridgehead atoms. The molecule has 1 fully saturated rings. The molecule has 1 aromatic carbocycles. The highest BCUT2D eigenvalue weighted by molar-refractivity contribution is 6.31. The number of halogens is 1. The summed E-state index contributed by atoms with van der Waals surface area (Å²) in [6.07, 6.45) is 1.38. The van der Waals surface area contributed by atoms with Gasteiger partial charge in [0.2, 0.25) is 0 Å². The summed E-state index contributed by atoms with van der Waals surface area (Å²) in [5, 5.41) is 0.393. The van der Waals surface area contributed by atoms with E-state index >= 15 is 0 Å². The van der Waals surface area contributed by atoms with E-state index in [-0.39, 0.29) is 17.2 Å². The lowest BCUT2D eigenvalue weighted by atomic mass is 10.2. The number of nitrogens with two attached hydrogens (primary N) is 1. The van der Waals surface area contributed by atoms with E-state index in [1.165, 1.54) is 6.07 Å². The van der Waals surface area contributed by atoms with Crippen LogP contribution in [-0.2, 0) is 4.79 Å². The van der Waals surface area contributed by atoms with Gasteiger partial charge >= 0.3 is 0 Å². The van der Waals surface area contributed by atoms with Crippen molar-refractivity contribution in [2.24, 2.45) is 5.73 Å². The van der Waals surface area contributed by atoms with Gasteiger partial charge in [0.1, 0.15) is 5.75 Å². The average Bonchev–Trinajstić information content (AvgIpc) is 2.93. The minimum Gasteiger partial charge on any atom is -0.480 e. The van der Waals surface area contributed by atoms with Gasteiger partial charge in [-0.2, -0.15) is 0 Å². The van der Waals surface area contributed by atoms with Gasteiger partial charge in [0.15, 0.2) is 6.10 Å². The fourth-order valence-corrected chi connectivity index (χ4v) is 2.41. The third-order valence-corrected chi connectivity index (χ3v) is 3.51. The molecule has 0 saturated carbocycles. The quantitative estimate of drug-likeness (QED) is 0.921. The van der Waals surface area contributed by atoms with Crippen LogP contribution in [0.3, 0.4) is 0 Å². The van der Waals surface area contributed by atoms with Gasteiger partial charge in [-0.15, -0.1) is 0 Å². The number of likely N-dealkylation sites (tertiary alicyclic amines) is 1. The number of amides is 2. The highest BCUT2D eigenvalue weighted by Crippen LogP contribution is 2.24. The predicted molar refractivity (Wildman–Crippen MR) is 75.9 cm³/mol. The second-order valence-corrected chi connectivity index (χ2v) is 5.23. The first-order valence-corrected chi connectivity index (χ1v) is 6.91. The van der Waals surface area contributed by atoms with E-state index in [0.717, 1.165) is 25.9 Å². The summed E-state index contributed by atoms with van der Waals surface area (Å²) < 4.78 is 5.59. The zero-order valence-corrected chi connectivity index (χ0v) is 12.0. The maximum absolute atomic E-state index is 12.2. The van der Waals surface area contributed by atoms with Crippen LogP contribution in [-0.4, -0.2) is 35.9 Å². The molecule has 6 heteroatoms. The molecule has 0 spiro atoms. The van der Waals surface area contributed by atoms with E-state index in [1.54, 1.807) is 24.0 Å². The number of rotatable bonds is 4. The second kappa shape index (κ2) is 6.13. The molecule has 1 aliphatic heterocycles. The van der Waals surface area contributed by atoms with Crippen molar-refractivity contribution in [3.05, 3.63) is 28.8 Å². The Kier molecular flexibility index (Phi) is 4.49. The second-order valence-electron chi connectivity index (χ2n) is 4.80. The summed E-state index contributed by atoms with van der Waals surface area (Å²) in [6, 6.07) is 4.58. The highest BCUT2D eigenvalue weighted by atomic mass is 35.5. The maximum Gasteiger partial charge on any atom is 0.263 e. The number of hydrogen-bond acceptors (Lipinski definition) is 3. The lowest BCUT2D eigenvalue weighted by Gasteiger charge is -2.22. The molecule has 0 aliphatic carbocycles. The van der Waals surface area contributed by atoms with E-state index in [2.05, 4.69) is 0 Å². The van der Waals surface area contributed by atoms with Gasteiger partial charge in [-0.1, -0.05) is 11.6 Å². The number of primary amides is 1. The van der Waals surface area contributed by atoms with Crippen LogP contribution in [0.5, 0.6) is 5.75 Å². The molecular formula is C14H17ClN2O3. The Labute approximate surface area is 122 Å². The Morgan fingerprint density at radius 3 is 2.60 bits per heavy atom. The van der Waals surface area contributed by atoms with Gasteiger partial charge in [0.05, 0.1) is 5.56 Å². The maximum atomic E-state index is 12.2. The SMILES string of the molecule is CC(Oc1ccc(Cl)cc1C(N)=O)C(=O)N1CCCC1. The minimum atomic E-state index is -0.660. The Bertz CT molecular complexity index is 527. The molecule has 20 heavy (non-hydrogen) atoms. The third kappa shape index (κ3) is 3.22. The lowest BCUT2D eigenvalue weighted by molar-refractivity contribution is -0.136. The fourth-order valence-electron chi connectivity index (χ4n) is 2.23. The van der Waals surface area contributed by atoms with Crippen LogP contribution in [0.2, 0.25) is 5.02 Å². The summed E-state index contributed by atoms with van der Waals surface area (Å²) in [5.41, 5.74) is 5.46. The Balaban J connectivity index is 2.12. The number of carbonyl (C=O) groups excluding carboxylic acids is 2. The molecule has 1 saturated heterocycles. The average molecular weight is 297 g/mol. The first kappa shape index (κ1) is 14.7. The van der Waals surface area contributed by atoms with Gasteiger partial charge in [-0.25, -0.2) is 0 Å². The van der Waals surface area contributed by atoms with Crippen LogP contribution in [0.25, 0.3) is 0 Å². The van der Waals surface area contributed by atoms with Crippen LogP contribution in [0, 0.1) is 0 Å². The Hall–Kier alpha value is -1.75. The standard InChI is InChI=1S/C14H17ClN2O3/c1-9(14(19)17-6-2-3-7-17)20-12-5-4-10(15)8-11(12)13(16)18/h4-5,8-9H,2-3,6-7H2,1H3,(H2,16,18). The molecule has 5 nitrogen and oxygen atoms in total. The lowest BCUT2D eigenvalue weighted by Crippen LogP contribution is -2.38. The van der Waals surface area contributed by atoms with Crippen LogP contribution in [0.1, 0.15) is 30.1 Å². The Morgan fingerprint density at radius 1 is 1.35 bits per heavy atom. The molecule has 1 atom stereocenters. The molecule has 2 rings (SSSR count). The Morgan fingerprint density at radius 2 is 2.00 bits per heavy atom. The fraction of sp³-hybridized carbons (Fsp3) is 0.429. The van der Waals surface area contributed by atoms with Crippen molar-refractivity contribution in [1.82, 2.24) is 4.90 Å². The first-order valence-electron chi connectivity index (χ1n) is 6.54. The van der Waals surface area contributed by atoms with Crippen LogP contribution >= 0.6 is 11.6 Å². The minimum absolute atomic E-state index is 0.0760. The van der Waals surface area contributed by atoms with Gasteiger partial charge in [0, 0.05) is 18.1 Å². The van der Waals surface area contributed by atoms with E-state index in [4.69, 9.17) is 22.1 Å². The van der Waals surface area contributed by atoms with E-state index < -0.39 is 12.0 Å². The smallest absolute Gasteiger partial charge is 0.263 e. The van der Waals surface area contributed by atoms with Crippen molar-refractivity contribution in [2.75, 3.05) is 13.1 Å². The third-order valence-electron chi connectivity index (χ3n) is 3.28. The van der Waals surface area contributed by atoms with Crippen LogP contribution in [0.15, 0.2) is 18.2 Å². The number of carbonyl (C=O) groups is 2. The van der Waals surface area contributed by atoms with Crippen molar-refractivity contribution in [2.45, 2.75) is 25.9 Å². The number of ether oxygens (including phenoxy) is 1. The van der Waals surface area contributed by atoms with Gasteiger partial charge in [0.25, 0.3) is 11.8 Å². The number of benzene rings is 1. The molecule has 2 amide bonds. The van der Waals surface area contributed by atoms with Crippen molar-refractivity contribution < 1.29 is 14.3 Å². The largest absolute Gasteiger partial charge is 0.480 e. The van der Waals surface area contributed by atoms with Crippen LogP contribution < -0.4 is 10.5 Å². The number of hydrogen-bond donors (Lipinski definition) is 1. The summed E-state index contributed by atoms with van der Waals surface area (Å²) in [5.74, 6) is -0.432. The molecule has 0 radical (unpaired) electrons. The first-order chi connectivity index (χ1) is 9.49. The normalized spacial score (nSPS) is 16.0. The van der Waals surface area contributed by atoms with Crippen LogP contribution in [0.4, 0.5) is 0 Å². The van der Waals surface area contributed by atoms with Gasteiger partial charge < -0.3 is 15.4 Å².